The van der Waals surface area contributed by atoms with E-state index in [1.165, 1.54) is 5.01 Å². The van der Waals surface area contributed by atoms with Gasteiger partial charge in [-0.15, -0.1) is 0 Å². The van der Waals surface area contributed by atoms with Gasteiger partial charge in [0.1, 0.15) is 0 Å². The molecule has 1 unspecified atom stereocenters. The average Bonchev–Trinajstić information content (AvgIpc) is 2.17. The molecule has 3 nitrogen and oxygen atoms in total. The number of hydrogen-bond acceptors (Lipinski definition) is 2. The molecular formula is C9H14N2O. The van der Waals surface area contributed by atoms with E-state index in [9.17, 15) is 4.79 Å². The van der Waals surface area contributed by atoms with Crippen molar-refractivity contribution in [3.05, 3.63) is 24.3 Å². The summed E-state index contributed by atoms with van der Waals surface area (Å²) in [6.45, 7) is 2.02. The van der Waals surface area contributed by atoms with E-state index in [0.29, 0.717) is 6.41 Å². The van der Waals surface area contributed by atoms with E-state index in [0.717, 1.165) is 12.8 Å². The highest BCUT2D eigenvalue weighted by molar-refractivity contribution is 5.49. The van der Waals surface area contributed by atoms with Crippen molar-refractivity contribution in [3.63, 3.8) is 0 Å². The van der Waals surface area contributed by atoms with Gasteiger partial charge in [-0.3, -0.25) is 9.80 Å². The van der Waals surface area contributed by atoms with Crippen LogP contribution in [0.3, 0.4) is 0 Å². The Bertz CT molecular complexity index is 223. The first-order valence-electron chi connectivity index (χ1n) is 4.09. The lowest BCUT2D eigenvalue weighted by Gasteiger charge is -2.36. The van der Waals surface area contributed by atoms with Gasteiger partial charge in [0.05, 0.1) is 5.54 Å². The van der Waals surface area contributed by atoms with Gasteiger partial charge in [0, 0.05) is 0 Å². The average molecular weight is 166 g/mol. The highest BCUT2D eigenvalue weighted by atomic mass is 16.1. The molecule has 12 heavy (non-hydrogen) atoms. The number of hydrazine groups is 1. The fraction of sp³-hybridized carbons (Fsp3) is 0.444. The Hall–Kier alpha value is -1.09. The van der Waals surface area contributed by atoms with Crippen LogP contribution in [0.4, 0.5) is 0 Å². The number of carbonyl (C=O) groups excluding carboxylic acids is 1. The largest absolute Gasteiger partial charge is 0.277 e. The predicted molar refractivity (Wildman–Crippen MR) is 48.0 cm³/mol. The summed E-state index contributed by atoms with van der Waals surface area (Å²) in [7, 11) is 0. The van der Waals surface area contributed by atoms with Crippen molar-refractivity contribution in [2.45, 2.75) is 25.3 Å². The third-order valence-corrected chi connectivity index (χ3v) is 2.37. The Kier molecular flexibility index (Phi) is 2.65. The third-order valence-electron chi connectivity index (χ3n) is 2.37. The van der Waals surface area contributed by atoms with Crippen molar-refractivity contribution in [3.8, 4) is 0 Å². The van der Waals surface area contributed by atoms with Crippen molar-refractivity contribution in [1.29, 1.82) is 0 Å². The molecule has 0 spiro atoms. The van der Waals surface area contributed by atoms with Crippen LogP contribution in [0.15, 0.2) is 24.3 Å². The molecule has 0 aromatic rings. The molecule has 0 radical (unpaired) electrons. The van der Waals surface area contributed by atoms with E-state index in [-0.39, 0.29) is 5.54 Å². The Labute approximate surface area is 72.5 Å². The van der Waals surface area contributed by atoms with Gasteiger partial charge in [0.2, 0.25) is 6.41 Å². The van der Waals surface area contributed by atoms with E-state index in [4.69, 9.17) is 5.84 Å². The molecule has 3 heteroatoms. The zero-order chi connectivity index (χ0) is 9.03. The van der Waals surface area contributed by atoms with Gasteiger partial charge in [-0.2, -0.15) is 0 Å². The number of allylic oxidation sites excluding steroid dienone is 2. The van der Waals surface area contributed by atoms with Crippen LogP contribution in [0.5, 0.6) is 0 Å². The van der Waals surface area contributed by atoms with Crippen LogP contribution in [0.2, 0.25) is 0 Å². The van der Waals surface area contributed by atoms with Crippen LogP contribution >= 0.6 is 0 Å². The standard InChI is InChI=1S/C9H14N2O/c1-2-9(11(10)8-12)6-4-3-5-7-9/h3-6,8H,2,7,10H2,1H3. The predicted octanol–water partition coefficient (Wildman–Crippen LogP) is 0.983. The Morgan fingerprint density at radius 3 is 2.83 bits per heavy atom. The molecular weight excluding hydrogens is 152 g/mol. The minimum atomic E-state index is -0.295. The second-order valence-corrected chi connectivity index (χ2v) is 2.96. The minimum absolute atomic E-state index is 0.295. The van der Waals surface area contributed by atoms with E-state index in [2.05, 4.69) is 0 Å². The highest BCUT2D eigenvalue weighted by Crippen LogP contribution is 2.25. The van der Waals surface area contributed by atoms with Crippen LogP contribution < -0.4 is 5.84 Å². The van der Waals surface area contributed by atoms with Gasteiger partial charge in [-0.25, -0.2) is 5.84 Å². The Morgan fingerprint density at radius 1 is 1.67 bits per heavy atom. The van der Waals surface area contributed by atoms with Crippen LogP contribution in [0, 0.1) is 0 Å². The van der Waals surface area contributed by atoms with Gasteiger partial charge < -0.3 is 0 Å². The molecule has 0 bridgehead atoms. The Balaban J connectivity index is 2.82. The second kappa shape index (κ2) is 3.54. The molecule has 2 N–H and O–H groups in total. The van der Waals surface area contributed by atoms with Crippen molar-refractivity contribution >= 4 is 6.41 Å². The molecule has 66 valence electrons. The number of nitrogens with two attached hydrogens (primary N) is 1. The molecule has 0 fully saturated rings. The lowest BCUT2D eigenvalue weighted by molar-refractivity contribution is -0.122. The van der Waals surface area contributed by atoms with Crippen molar-refractivity contribution in [2.24, 2.45) is 5.84 Å². The number of amides is 1. The molecule has 0 aromatic heterocycles. The first-order chi connectivity index (χ1) is 5.75. The fourth-order valence-electron chi connectivity index (χ4n) is 1.39. The molecule has 0 aliphatic heterocycles. The summed E-state index contributed by atoms with van der Waals surface area (Å²) in [6, 6.07) is 0. The molecule has 1 atom stereocenters. The molecule has 0 saturated heterocycles. The topological polar surface area (TPSA) is 46.3 Å². The SMILES string of the molecule is CCC1(N(N)C=O)C=CC=CC1. The molecule has 1 aliphatic carbocycles. The summed E-state index contributed by atoms with van der Waals surface area (Å²) in [5, 5.41) is 1.24. The molecule has 0 saturated carbocycles. The molecule has 1 aliphatic rings. The van der Waals surface area contributed by atoms with E-state index in [1.807, 2.05) is 31.2 Å². The first kappa shape index (κ1) is 9.00. The molecule has 1 rings (SSSR count). The van der Waals surface area contributed by atoms with E-state index in [1.54, 1.807) is 0 Å². The zero-order valence-electron chi connectivity index (χ0n) is 7.23. The summed E-state index contributed by atoms with van der Waals surface area (Å²) in [5.41, 5.74) is -0.295. The quantitative estimate of drug-likeness (QED) is 0.294. The van der Waals surface area contributed by atoms with Crippen molar-refractivity contribution < 1.29 is 4.79 Å². The second-order valence-electron chi connectivity index (χ2n) is 2.96. The summed E-state index contributed by atoms with van der Waals surface area (Å²) in [5.74, 6) is 5.57. The van der Waals surface area contributed by atoms with Crippen LogP contribution in [0.1, 0.15) is 19.8 Å². The van der Waals surface area contributed by atoms with Gasteiger partial charge in [-0.05, 0) is 12.8 Å². The third kappa shape index (κ3) is 1.41. The lowest BCUT2D eigenvalue weighted by atomic mass is 9.88. The molecule has 0 heterocycles. The smallest absolute Gasteiger partial charge is 0.224 e. The van der Waals surface area contributed by atoms with Crippen molar-refractivity contribution in [2.75, 3.05) is 0 Å². The van der Waals surface area contributed by atoms with E-state index >= 15 is 0 Å². The van der Waals surface area contributed by atoms with Crippen LogP contribution in [-0.4, -0.2) is 17.0 Å². The minimum Gasteiger partial charge on any atom is -0.277 e. The molecule has 0 aromatic carbocycles. The summed E-state index contributed by atoms with van der Waals surface area (Å²) < 4.78 is 0. The summed E-state index contributed by atoms with van der Waals surface area (Å²) in [6.07, 6.45) is 10.2. The number of nitrogens with zero attached hydrogens (tertiary/aromatic N) is 1. The maximum Gasteiger partial charge on any atom is 0.224 e. The molecule has 1 amide bonds. The maximum atomic E-state index is 10.5. The van der Waals surface area contributed by atoms with E-state index < -0.39 is 0 Å². The number of rotatable bonds is 3. The maximum absolute atomic E-state index is 10.5. The van der Waals surface area contributed by atoms with Gasteiger partial charge in [0.15, 0.2) is 0 Å². The summed E-state index contributed by atoms with van der Waals surface area (Å²) >= 11 is 0. The van der Waals surface area contributed by atoms with Crippen LogP contribution in [0.25, 0.3) is 0 Å². The zero-order valence-corrected chi connectivity index (χ0v) is 7.23. The summed E-state index contributed by atoms with van der Waals surface area (Å²) in [4.78, 5) is 10.5. The Morgan fingerprint density at radius 2 is 2.42 bits per heavy atom. The normalized spacial score (nSPS) is 27.2. The van der Waals surface area contributed by atoms with Crippen molar-refractivity contribution in [1.82, 2.24) is 5.01 Å². The first-order valence-corrected chi connectivity index (χ1v) is 4.09. The number of carbonyl (C=O) groups is 1. The number of hydrogen-bond donors (Lipinski definition) is 1. The monoisotopic (exact) mass is 166 g/mol. The fourth-order valence-corrected chi connectivity index (χ4v) is 1.39. The van der Waals surface area contributed by atoms with Crippen LogP contribution in [-0.2, 0) is 4.79 Å². The highest BCUT2D eigenvalue weighted by Gasteiger charge is 2.29. The van der Waals surface area contributed by atoms with Gasteiger partial charge >= 0.3 is 0 Å². The van der Waals surface area contributed by atoms with Gasteiger partial charge in [0.25, 0.3) is 0 Å². The lowest BCUT2D eigenvalue weighted by Crippen LogP contribution is -2.50. The van der Waals surface area contributed by atoms with Gasteiger partial charge in [-0.1, -0.05) is 31.2 Å².